The smallest absolute Gasteiger partial charge is 0.354 e. The topological polar surface area (TPSA) is 88.7 Å². The van der Waals surface area contributed by atoms with E-state index in [-0.39, 0.29) is 11.8 Å². The summed E-state index contributed by atoms with van der Waals surface area (Å²) in [5.74, 6) is 0.665. The first-order valence-electron chi connectivity index (χ1n) is 11.5. The Bertz CT molecular complexity index is 1220. The molecule has 0 amide bonds. The summed E-state index contributed by atoms with van der Waals surface area (Å²) in [7, 11) is 0. The number of halogens is 2. The average molecular weight is 500 g/mol. The lowest BCUT2D eigenvalue weighted by molar-refractivity contribution is 0.0122. The highest BCUT2D eigenvalue weighted by atomic mass is 35.5. The second-order valence-corrected chi connectivity index (χ2v) is 10.2. The highest BCUT2D eigenvalue weighted by molar-refractivity contribution is 6.39. The van der Waals surface area contributed by atoms with Crippen LogP contribution in [-0.2, 0) is 11.3 Å². The van der Waals surface area contributed by atoms with Crippen LogP contribution >= 0.6 is 23.2 Å². The highest BCUT2D eigenvalue weighted by Crippen LogP contribution is 2.47. The first kappa shape index (κ1) is 21.9. The fraction of sp³-hybridized carbons (Fsp3) is 0.400. The molecule has 7 nitrogen and oxygen atoms in total. The molecule has 1 saturated heterocycles. The van der Waals surface area contributed by atoms with Crippen molar-refractivity contribution in [2.75, 3.05) is 11.4 Å². The number of aromatic nitrogens is 2. The summed E-state index contributed by atoms with van der Waals surface area (Å²) < 4.78 is 12.2. The van der Waals surface area contributed by atoms with Crippen molar-refractivity contribution in [1.82, 2.24) is 10.1 Å². The van der Waals surface area contributed by atoms with Crippen molar-refractivity contribution in [3.8, 4) is 11.3 Å². The number of ether oxygens (including phenoxy) is 1. The molecule has 34 heavy (non-hydrogen) atoms. The van der Waals surface area contributed by atoms with Crippen molar-refractivity contribution in [2.45, 2.75) is 50.4 Å². The van der Waals surface area contributed by atoms with Crippen molar-refractivity contribution < 1.29 is 19.2 Å². The number of hydrogen-bond acceptors (Lipinski definition) is 6. The number of carbonyl (C=O) groups is 1. The van der Waals surface area contributed by atoms with Crippen LogP contribution in [0.1, 0.15) is 53.4 Å². The number of aromatic carboxylic acids is 1. The summed E-state index contributed by atoms with van der Waals surface area (Å²) in [4.78, 5) is 17.5. The van der Waals surface area contributed by atoms with Gasteiger partial charge in [-0.2, -0.15) is 0 Å². The van der Waals surface area contributed by atoms with E-state index < -0.39 is 5.97 Å². The standard InChI is InChI=1S/C25H23Cl2N3O4/c26-18-2-1-3-19(27)22(18)23-17(24(34-29-23)13-4-5-13)12-33-21-9-16-8-14(21)11-30(16)15-6-7-20(25(31)32)28-10-15/h1-3,6-7,10,13-14,16,21H,4-5,8-9,11-12H2,(H,31,32)/t14-,16-,21+/m0/s1. The predicted molar refractivity (Wildman–Crippen MR) is 128 cm³/mol. The third kappa shape index (κ3) is 3.85. The minimum absolute atomic E-state index is 0.0592. The number of anilines is 1. The van der Waals surface area contributed by atoms with Crippen LogP contribution in [0.5, 0.6) is 0 Å². The first-order valence-corrected chi connectivity index (χ1v) is 12.3. The Hall–Kier alpha value is -2.61. The van der Waals surface area contributed by atoms with Gasteiger partial charge in [0, 0.05) is 35.5 Å². The molecule has 1 aliphatic heterocycles. The zero-order valence-electron chi connectivity index (χ0n) is 18.3. The third-order valence-corrected chi connectivity index (χ3v) is 7.81. The molecule has 9 heteroatoms. The zero-order valence-corrected chi connectivity index (χ0v) is 19.8. The highest BCUT2D eigenvalue weighted by Gasteiger charge is 2.46. The lowest BCUT2D eigenvalue weighted by Crippen LogP contribution is -2.38. The Morgan fingerprint density at radius 2 is 1.97 bits per heavy atom. The van der Waals surface area contributed by atoms with E-state index >= 15 is 0 Å². The van der Waals surface area contributed by atoms with Gasteiger partial charge in [-0.25, -0.2) is 9.78 Å². The van der Waals surface area contributed by atoms with Crippen LogP contribution < -0.4 is 4.90 Å². The predicted octanol–water partition coefficient (Wildman–Crippen LogP) is 5.80. The monoisotopic (exact) mass is 499 g/mol. The van der Waals surface area contributed by atoms with E-state index in [1.165, 1.54) is 0 Å². The van der Waals surface area contributed by atoms with Gasteiger partial charge in [-0.1, -0.05) is 34.4 Å². The maximum absolute atomic E-state index is 11.1. The van der Waals surface area contributed by atoms with Gasteiger partial charge in [0.05, 0.1) is 34.6 Å². The van der Waals surface area contributed by atoms with Crippen LogP contribution in [0.4, 0.5) is 5.69 Å². The molecule has 176 valence electrons. The second-order valence-electron chi connectivity index (χ2n) is 9.34. The Balaban J connectivity index is 1.17. The molecule has 2 aliphatic carbocycles. The lowest BCUT2D eigenvalue weighted by atomic mass is 10.0. The molecule has 3 aliphatic rings. The van der Waals surface area contributed by atoms with Crippen molar-refractivity contribution >= 4 is 34.9 Å². The SMILES string of the molecule is O=C(O)c1ccc(N2C[C@@H]3C[C@H]2C[C@H]3OCc2c(-c3c(Cl)cccc3Cl)noc2C2CC2)cn1. The summed E-state index contributed by atoms with van der Waals surface area (Å²) in [5, 5.41) is 14.5. The van der Waals surface area contributed by atoms with E-state index in [0.29, 0.717) is 45.8 Å². The largest absolute Gasteiger partial charge is 0.477 e. The van der Waals surface area contributed by atoms with Gasteiger partial charge < -0.3 is 19.3 Å². The van der Waals surface area contributed by atoms with Crippen molar-refractivity contribution in [2.24, 2.45) is 5.92 Å². The Kier molecular flexibility index (Phi) is 5.51. The van der Waals surface area contributed by atoms with Gasteiger partial charge in [-0.3, -0.25) is 0 Å². The van der Waals surface area contributed by atoms with Gasteiger partial charge >= 0.3 is 5.97 Å². The van der Waals surface area contributed by atoms with Crippen molar-refractivity contribution in [1.29, 1.82) is 0 Å². The molecule has 1 N–H and O–H groups in total. The first-order chi connectivity index (χ1) is 16.5. The van der Waals surface area contributed by atoms with Crippen molar-refractivity contribution in [3.63, 3.8) is 0 Å². The number of nitrogens with zero attached hydrogens (tertiary/aromatic N) is 3. The molecule has 0 spiro atoms. The number of rotatable bonds is 7. The molecular formula is C25H23Cl2N3O4. The molecule has 2 saturated carbocycles. The molecule has 3 fully saturated rings. The molecule has 2 bridgehead atoms. The Labute approximate surface area is 206 Å². The van der Waals surface area contributed by atoms with Gasteiger partial charge in [0.1, 0.15) is 17.1 Å². The van der Waals surface area contributed by atoms with Gasteiger partial charge in [0.15, 0.2) is 0 Å². The number of carboxylic acids is 1. The van der Waals surface area contributed by atoms with Gasteiger partial charge in [-0.15, -0.1) is 0 Å². The summed E-state index contributed by atoms with van der Waals surface area (Å²) in [6.45, 7) is 1.28. The Morgan fingerprint density at radius 1 is 1.18 bits per heavy atom. The molecule has 3 heterocycles. The van der Waals surface area contributed by atoms with Crippen LogP contribution in [0.2, 0.25) is 10.0 Å². The molecule has 0 unspecified atom stereocenters. The van der Waals surface area contributed by atoms with Gasteiger partial charge in [0.2, 0.25) is 0 Å². The zero-order chi connectivity index (χ0) is 23.4. The molecule has 3 atom stereocenters. The molecule has 2 aromatic heterocycles. The number of pyridine rings is 1. The van der Waals surface area contributed by atoms with Crippen LogP contribution in [0.15, 0.2) is 41.1 Å². The van der Waals surface area contributed by atoms with Crippen molar-refractivity contribution in [3.05, 3.63) is 63.6 Å². The minimum atomic E-state index is -1.01. The molecule has 0 radical (unpaired) electrons. The number of carboxylic acid groups (broad SMARTS) is 1. The van der Waals surface area contributed by atoms with E-state index in [1.807, 2.05) is 12.1 Å². The number of piperidine rings is 1. The summed E-state index contributed by atoms with van der Waals surface area (Å²) in [6, 6.07) is 9.19. The Morgan fingerprint density at radius 3 is 2.59 bits per heavy atom. The summed E-state index contributed by atoms with van der Waals surface area (Å²) in [6.07, 6.45) is 5.94. The average Bonchev–Trinajstić information content (AvgIpc) is 3.28. The molecular weight excluding hydrogens is 477 g/mol. The van der Waals surface area contributed by atoms with E-state index in [1.54, 1.807) is 24.4 Å². The van der Waals surface area contributed by atoms with Crippen LogP contribution in [0, 0.1) is 5.92 Å². The summed E-state index contributed by atoms with van der Waals surface area (Å²) in [5.41, 5.74) is 3.33. The lowest BCUT2D eigenvalue weighted by Gasteiger charge is -2.33. The van der Waals surface area contributed by atoms with Gasteiger partial charge in [0.25, 0.3) is 0 Å². The van der Waals surface area contributed by atoms with E-state index in [2.05, 4.69) is 15.0 Å². The summed E-state index contributed by atoms with van der Waals surface area (Å²) >= 11 is 12.9. The fourth-order valence-electron chi connectivity index (χ4n) is 5.35. The number of hydrogen-bond donors (Lipinski definition) is 1. The molecule has 3 aromatic rings. The van der Waals surface area contributed by atoms with Crippen LogP contribution in [0.25, 0.3) is 11.3 Å². The molecule has 1 aromatic carbocycles. The normalized spacial score (nSPS) is 23.6. The van der Waals surface area contributed by atoms with E-state index in [0.717, 1.165) is 49.2 Å². The quantitative estimate of drug-likeness (QED) is 0.439. The maximum Gasteiger partial charge on any atom is 0.354 e. The van der Waals surface area contributed by atoms with Gasteiger partial charge in [-0.05, 0) is 49.9 Å². The number of benzene rings is 1. The van der Waals surface area contributed by atoms with Crippen LogP contribution in [0.3, 0.4) is 0 Å². The maximum atomic E-state index is 11.1. The fourth-order valence-corrected chi connectivity index (χ4v) is 5.92. The minimum Gasteiger partial charge on any atom is -0.477 e. The molecule has 6 rings (SSSR count). The second kappa shape index (κ2) is 8.56. The third-order valence-electron chi connectivity index (χ3n) is 7.18. The van der Waals surface area contributed by atoms with E-state index in [9.17, 15) is 4.79 Å². The van der Waals surface area contributed by atoms with Crippen LogP contribution in [-0.4, -0.2) is 39.9 Å². The number of fused-ring (bicyclic) bond motifs is 2. The van der Waals surface area contributed by atoms with E-state index in [4.69, 9.17) is 37.6 Å².